The predicted molar refractivity (Wildman–Crippen MR) is 134 cm³/mol. The second-order valence-corrected chi connectivity index (χ2v) is 11.7. The molecule has 9 heteroatoms. The highest BCUT2D eigenvalue weighted by atomic mass is 32.2. The zero-order valence-electron chi connectivity index (χ0n) is 19.2. The van der Waals surface area contributed by atoms with Crippen LogP contribution in [0.3, 0.4) is 0 Å². The number of carbonyl (C=O) groups excluding carboxylic acids is 2. The van der Waals surface area contributed by atoms with Crippen LogP contribution in [-0.2, 0) is 19.6 Å². The Hall–Kier alpha value is -2.36. The minimum Gasteiger partial charge on any atom is -0.325 e. The molecule has 0 saturated carbocycles. The molecule has 2 amide bonds. The third kappa shape index (κ3) is 7.31. The fraction of sp³-hybridized carbons (Fsp3) is 0.417. The lowest BCUT2D eigenvalue weighted by Gasteiger charge is -2.34. The maximum atomic E-state index is 13.0. The molecule has 1 heterocycles. The number of sulfonamides is 1. The summed E-state index contributed by atoms with van der Waals surface area (Å²) in [7, 11) is -3.55. The van der Waals surface area contributed by atoms with Gasteiger partial charge in [-0.1, -0.05) is 31.5 Å². The molecule has 1 aliphatic heterocycles. The van der Waals surface area contributed by atoms with E-state index in [1.165, 1.54) is 23.9 Å². The molecule has 7 nitrogen and oxygen atoms in total. The molecule has 33 heavy (non-hydrogen) atoms. The summed E-state index contributed by atoms with van der Waals surface area (Å²) < 4.78 is 27.5. The molecule has 2 aromatic rings. The molecule has 0 aromatic heterocycles. The second kappa shape index (κ2) is 11.2. The van der Waals surface area contributed by atoms with E-state index < -0.39 is 10.0 Å². The summed E-state index contributed by atoms with van der Waals surface area (Å²) in [5.74, 6) is 0.512. The number of piperidine rings is 1. The number of aryl methyl sites for hydroxylation is 1. The van der Waals surface area contributed by atoms with Crippen molar-refractivity contribution in [2.45, 2.75) is 32.1 Å². The number of thioether (sulfide) groups is 1. The number of nitrogens with zero attached hydrogens (tertiary/aromatic N) is 1. The van der Waals surface area contributed by atoms with E-state index in [4.69, 9.17) is 0 Å². The van der Waals surface area contributed by atoms with Gasteiger partial charge in [0.15, 0.2) is 0 Å². The molecule has 0 bridgehead atoms. The van der Waals surface area contributed by atoms with E-state index in [2.05, 4.69) is 24.5 Å². The van der Waals surface area contributed by atoms with Crippen LogP contribution in [0.5, 0.6) is 0 Å². The van der Waals surface area contributed by atoms with Gasteiger partial charge in [-0.05, 0) is 61.6 Å². The number of benzene rings is 2. The van der Waals surface area contributed by atoms with Crippen LogP contribution in [0.25, 0.3) is 0 Å². The Morgan fingerprint density at radius 1 is 0.879 bits per heavy atom. The van der Waals surface area contributed by atoms with E-state index >= 15 is 0 Å². The van der Waals surface area contributed by atoms with Gasteiger partial charge in [-0.25, -0.2) is 8.42 Å². The summed E-state index contributed by atoms with van der Waals surface area (Å²) in [5.41, 5.74) is 2.35. The minimum atomic E-state index is -3.55. The normalized spacial score (nSPS) is 19.1. The van der Waals surface area contributed by atoms with Crippen LogP contribution in [0.15, 0.2) is 53.4 Å². The van der Waals surface area contributed by atoms with Crippen LogP contribution < -0.4 is 10.6 Å². The van der Waals surface area contributed by atoms with Crippen LogP contribution in [0.1, 0.15) is 25.8 Å². The zero-order valence-corrected chi connectivity index (χ0v) is 20.8. The number of hydrogen-bond acceptors (Lipinski definition) is 5. The van der Waals surface area contributed by atoms with Gasteiger partial charge in [-0.15, -0.1) is 11.8 Å². The molecular weight excluding hydrogens is 458 g/mol. The van der Waals surface area contributed by atoms with Crippen molar-refractivity contribution in [3.05, 3.63) is 54.1 Å². The van der Waals surface area contributed by atoms with Gasteiger partial charge in [0.1, 0.15) is 0 Å². The molecule has 1 aliphatic rings. The van der Waals surface area contributed by atoms with Crippen molar-refractivity contribution in [3.8, 4) is 0 Å². The first-order chi connectivity index (χ1) is 15.6. The lowest BCUT2D eigenvalue weighted by molar-refractivity contribution is -0.114. The maximum Gasteiger partial charge on any atom is 0.243 e. The Bertz CT molecular complexity index is 1060. The van der Waals surface area contributed by atoms with E-state index in [9.17, 15) is 18.0 Å². The van der Waals surface area contributed by atoms with Crippen molar-refractivity contribution < 1.29 is 18.0 Å². The summed E-state index contributed by atoms with van der Waals surface area (Å²) in [6.07, 6.45) is 1.03. The maximum absolute atomic E-state index is 13.0. The Morgan fingerprint density at radius 3 is 1.82 bits per heavy atom. The predicted octanol–water partition coefficient (Wildman–Crippen LogP) is 3.97. The SMILES string of the molecule is Cc1ccc(NC(=O)CSCC(=O)Nc2ccc(S(=O)(=O)N3CC(C)CC(C)C3)cc2)cc1. The zero-order chi connectivity index (χ0) is 24.0. The summed E-state index contributed by atoms with van der Waals surface area (Å²) in [6, 6.07) is 13.7. The van der Waals surface area contributed by atoms with Crippen molar-refractivity contribution in [2.24, 2.45) is 11.8 Å². The molecule has 0 spiro atoms. The van der Waals surface area contributed by atoms with Crippen LogP contribution in [0.4, 0.5) is 11.4 Å². The monoisotopic (exact) mass is 489 g/mol. The first-order valence-corrected chi connectivity index (χ1v) is 13.6. The van der Waals surface area contributed by atoms with E-state index in [0.717, 1.165) is 17.7 Å². The number of rotatable bonds is 8. The van der Waals surface area contributed by atoms with Gasteiger partial charge < -0.3 is 10.6 Å². The van der Waals surface area contributed by atoms with Crippen LogP contribution in [-0.4, -0.2) is 49.1 Å². The van der Waals surface area contributed by atoms with Crippen molar-refractivity contribution in [1.82, 2.24) is 4.31 Å². The fourth-order valence-electron chi connectivity index (χ4n) is 3.93. The molecule has 2 N–H and O–H groups in total. The number of hydrogen-bond donors (Lipinski definition) is 2. The number of carbonyl (C=O) groups is 2. The van der Waals surface area contributed by atoms with E-state index in [1.807, 2.05) is 31.2 Å². The minimum absolute atomic E-state index is 0.116. The first kappa shape index (κ1) is 25.3. The van der Waals surface area contributed by atoms with Gasteiger partial charge in [0.05, 0.1) is 16.4 Å². The average molecular weight is 490 g/mol. The van der Waals surface area contributed by atoms with Crippen molar-refractivity contribution >= 4 is 45.0 Å². The van der Waals surface area contributed by atoms with Gasteiger partial charge in [0.2, 0.25) is 21.8 Å². The summed E-state index contributed by atoms with van der Waals surface area (Å²) >= 11 is 1.21. The average Bonchev–Trinajstić information content (AvgIpc) is 2.75. The van der Waals surface area contributed by atoms with E-state index in [1.54, 1.807) is 16.4 Å². The second-order valence-electron chi connectivity index (χ2n) is 8.75. The standard InChI is InChI=1S/C24H31N3O4S2/c1-17-4-6-20(7-5-17)25-23(28)15-32-16-24(29)26-21-8-10-22(11-9-21)33(30,31)27-13-18(2)12-19(3)14-27/h4-11,18-19H,12-16H2,1-3H3,(H,25,28)(H,26,29). The van der Waals surface area contributed by atoms with Gasteiger partial charge in [-0.2, -0.15) is 4.31 Å². The molecule has 1 saturated heterocycles. The molecule has 3 rings (SSSR count). The molecule has 2 unspecified atom stereocenters. The van der Waals surface area contributed by atoms with Crippen molar-refractivity contribution in [1.29, 1.82) is 0 Å². The van der Waals surface area contributed by atoms with Gasteiger partial charge in [-0.3, -0.25) is 9.59 Å². The third-order valence-corrected chi connectivity index (χ3v) is 8.19. The molecule has 2 aromatic carbocycles. The third-order valence-electron chi connectivity index (χ3n) is 5.41. The lowest BCUT2D eigenvalue weighted by atomic mass is 9.94. The Morgan fingerprint density at radius 2 is 1.33 bits per heavy atom. The van der Waals surface area contributed by atoms with Gasteiger partial charge in [0, 0.05) is 24.5 Å². The van der Waals surface area contributed by atoms with Gasteiger partial charge in [0.25, 0.3) is 0 Å². The highest BCUT2D eigenvalue weighted by Crippen LogP contribution is 2.27. The lowest BCUT2D eigenvalue weighted by Crippen LogP contribution is -2.42. The largest absolute Gasteiger partial charge is 0.325 e. The first-order valence-electron chi connectivity index (χ1n) is 11.0. The molecule has 0 radical (unpaired) electrons. The van der Waals surface area contributed by atoms with E-state index in [0.29, 0.717) is 30.6 Å². The fourth-order valence-corrected chi connectivity index (χ4v) is 6.23. The number of amides is 2. The quantitative estimate of drug-likeness (QED) is 0.585. The smallest absolute Gasteiger partial charge is 0.243 e. The van der Waals surface area contributed by atoms with Crippen LogP contribution >= 0.6 is 11.8 Å². The van der Waals surface area contributed by atoms with Crippen LogP contribution in [0, 0.1) is 18.8 Å². The van der Waals surface area contributed by atoms with Crippen molar-refractivity contribution in [3.63, 3.8) is 0 Å². The molecule has 2 atom stereocenters. The molecule has 0 aliphatic carbocycles. The molecule has 1 fully saturated rings. The Balaban J connectivity index is 1.46. The van der Waals surface area contributed by atoms with Gasteiger partial charge >= 0.3 is 0 Å². The van der Waals surface area contributed by atoms with Crippen molar-refractivity contribution in [2.75, 3.05) is 35.2 Å². The molecular formula is C24H31N3O4S2. The highest BCUT2D eigenvalue weighted by molar-refractivity contribution is 8.00. The highest BCUT2D eigenvalue weighted by Gasteiger charge is 2.31. The summed E-state index contributed by atoms with van der Waals surface area (Å²) in [5, 5.41) is 5.54. The van der Waals surface area contributed by atoms with Crippen LogP contribution in [0.2, 0.25) is 0 Å². The number of nitrogens with one attached hydrogen (secondary N) is 2. The summed E-state index contributed by atoms with van der Waals surface area (Å²) in [4.78, 5) is 24.4. The topological polar surface area (TPSA) is 95.6 Å². The van der Waals surface area contributed by atoms with E-state index in [-0.39, 0.29) is 28.2 Å². The summed E-state index contributed by atoms with van der Waals surface area (Å²) in [6.45, 7) is 7.17. The Labute approximate surface area is 200 Å². The Kier molecular flexibility index (Phi) is 8.56. The number of anilines is 2. The molecule has 178 valence electrons.